The number of nitrogens with zero attached hydrogens (tertiary/aromatic N) is 1. The molecule has 1 saturated heterocycles. The summed E-state index contributed by atoms with van der Waals surface area (Å²) in [6, 6.07) is 8.67. The first-order valence-corrected chi connectivity index (χ1v) is 5.58. The number of anilines is 1. The summed E-state index contributed by atoms with van der Waals surface area (Å²) in [5, 5.41) is 3.36. The van der Waals surface area contributed by atoms with Crippen molar-refractivity contribution in [2.75, 3.05) is 31.1 Å². The van der Waals surface area contributed by atoms with E-state index in [0.717, 1.165) is 26.2 Å². The van der Waals surface area contributed by atoms with E-state index in [2.05, 4.69) is 34.5 Å². The van der Waals surface area contributed by atoms with Crippen molar-refractivity contribution in [2.45, 2.75) is 13.0 Å². The zero-order chi connectivity index (χ0) is 10.7. The Morgan fingerprint density at radius 2 is 2.07 bits per heavy atom. The summed E-state index contributed by atoms with van der Waals surface area (Å²) in [6.45, 7) is 6.34. The maximum absolute atomic E-state index is 5.88. The van der Waals surface area contributed by atoms with Crippen molar-refractivity contribution in [3.63, 3.8) is 0 Å². The average Bonchev–Trinajstić information content (AvgIpc) is 2.30. The molecule has 3 nitrogen and oxygen atoms in total. The first kappa shape index (κ1) is 10.5. The Morgan fingerprint density at radius 3 is 2.73 bits per heavy atom. The van der Waals surface area contributed by atoms with Crippen molar-refractivity contribution in [3.05, 3.63) is 29.8 Å². The Labute approximate surface area is 91.3 Å². The first-order chi connectivity index (χ1) is 7.27. The van der Waals surface area contributed by atoms with E-state index in [0.29, 0.717) is 0 Å². The van der Waals surface area contributed by atoms with Gasteiger partial charge >= 0.3 is 0 Å². The van der Waals surface area contributed by atoms with Crippen LogP contribution in [0.4, 0.5) is 5.69 Å². The standard InChI is InChI=1S/C12H19N3/c1-10(13)11-3-2-4-12(9-11)15-7-5-14-6-8-15/h2-4,9-10,14H,5-8,13H2,1H3. The Bertz CT molecular complexity index is 316. The minimum atomic E-state index is 0.118. The highest BCUT2D eigenvalue weighted by Crippen LogP contribution is 2.19. The van der Waals surface area contributed by atoms with Crippen LogP contribution in [0.2, 0.25) is 0 Å². The average molecular weight is 205 g/mol. The highest BCUT2D eigenvalue weighted by molar-refractivity contribution is 5.49. The van der Waals surface area contributed by atoms with Gasteiger partial charge in [-0.05, 0) is 24.6 Å². The molecule has 1 aromatic carbocycles. The number of nitrogens with two attached hydrogens (primary N) is 1. The van der Waals surface area contributed by atoms with Crippen LogP contribution in [0.1, 0.15) is 18.5 Å². The second-order valence-corrected chi connectivity index (χ2v) is 4.12. The number of rotatable bonds is 2. The lowest BCUT2D eigenvalue weighted by atomic mass is 10.1. The van der Waals surface area contributed by atoms with Gasteiger partial charge in [0.15, 0.2) is 0 Å². The van der Waals surface area contributed by atoms with Gasteiger partial charge in [-0.25, -0.2) is 0 Å². The first-order valence-electron chi connectivity index (χ1n) is 5.58. The fourth-order valence-corrected chi connectivity index (χ4v) is 1.93. The van der Waals surface area contributed by atoms with E-state index in [1.807, 2.05) is 6.92 Å². The van der Waals surface area contributed by atoms with Gasteiger partial charge in [0.25, 0.3) is 0 Å². The van der Waals surface area contributed by atoms with E-state index in [9.17, 15) is 0 Å². The van der Waals surface area contributed by atoms with Gasteiger partial charge < -0.3 is 16.0 Å². The van der Waals surface area contributed by atoms with Gasteiger partial charge in [-0.1, -0.05) is 12.1 Å². The molecule has 0 spiro atoms. The lowest BCUT2D eigenvalue weighted by Crippen LogP contribution is -2.43. The molecule has 1 aromatic rings. The van der Waals surface area contributed by atoms with Crippen LogP contribution in [0.15, 0.2) is 24.3 Å². The normalized spacial score (nSPS) is 18.9. The predicted octanol–water partition coefficient (Wildman–Crippen LogP) is 1.12. The topological polar surface area (TPSA) is 41.3 Å². The van der Waals surface area contributed by atoms with E-state index in [1.54, 1.807) is 0 Å². The van der Waals surface area contributed by atoms with Gasteiger partial charge in [0.1, 0.15) is 0 Å². The number of piperazine rings is 1. The third-order valence-corrected chi connectivity index (χ3v) is 2.88. The number of hydrogen-bond acceptors (Lipinski definition) is 3. The molecular weight excluding hydrogens is 186 g/mol. The fraction of sp³-hybridized carbons (Fsp3) is 0.500. The summed E-state index contributed by atoms with van der Waals surface area (Å²) in [4.78, 5) is 2.41. The molecule has 82 valence electrons. The van der Waals surface area contributed by atoms with E-state index in [1.165, 1.54) is 11.3 Å². The summed E-state index contributed by atoms with van der Waals surface area (Å²) in [5.41, 5.74) is 8.39. The third-order valence-electron chi connectivity index (χ3n) is 2.88. The number of benzene rings is 1. The summed E-state index contributed by atoms with van der Waals surface area (Å²) in [5.74, 6) is 0. The van der Waals surface area contributed by atoms with Crippen LogP contribution in [-0.2, 0) is 0 Å². The number of hydrogen-bond donors (Lipinski definition) is 2. The molecule has 3 N–H and O–H groups in total. The molecule has 1 unspecified atom stereocenters. The molecule has 0 aromatic heterocycles. The molecule has 1 aliphatic rings. The highest BCUT2D eigenvalue weighted by atomic mass is 15.2. The molecule has 0 saturated carbocycles. The van der Waals surface area contributed by atoms with Crippen molar-refractivity contribution < 1.29 is 0 Å². The molecule has 0 amide bonds. The summed E-state index contributed by atoms with van der Waals surface area (Å²) in [7, 11) is 0. The largest absolute Gasteiger partial charge is 0.369 e. The van der Waals surface area contributed by atoms with Crippen molar-refractivity contribution >= 4 is 5.69 Å². The van der Waals surface area contributed by atoms with Gasteiger partial charge in [0.2, 0.25) is 0 Å². The molecule has 15 heavy (non-hydrogen) atoms. The monoisotopic (exact) mass is 205 g/mol. The van der Waals surface area contributed by atoms with Crippen LogP contribution in [0, 0.1) is 0 Å². The van der Waals surface area contributed by atoms with Crippen LogP contribution in [-0.4, -0.2) is 26.2 Å². The minimum Gasteiger partial charge on any atom is -0.369 e. The van der Waals surface area contributed by atoms with Crippen LogP contribution in [0.25, 0.3) is 0 Å². The molecule has 2 rings (SSSR count). The quantitative estimate of drug-likeness (QED) is 0.760. The Kier molecular flexibility index (Phi) is 3.23. The molecule has 0 aliphatic carbocycles. The summed E-state index contributed by atoms with van der Waals surface area (Å²) >= 11 is 0. The van der Waals surface area contributed by atoms with Crippen molar-refractivity contribution in [1.82, 2.24) is 5.32 Å². The second kappa shape index (κ2) is 4.64. The molecule has 3 heteroatoms. The van der Waals surface area contributed by atoms with E-state index >= 15 is 0 Å². The maximum Gasteiger partial charge on any atom is 0.0370 e. The van der Waals surface area contributed by atoms with Crippen molar-refractivity contribution in [2.24, 2.45) is 5.73 Å². The van der Waals surface area contributed by atoms with Crippen LogP contribution < -0.4 is 16.0 Å². The summed E-state index contributed by atoms with van der Waals surface area (Å²) in [6.07, 6.45) is 0. The van der Waals surface area contributed by atoms with Crippen molar-refractivity contribution in [3.8, 4) is 0 Å². The SMILES string of the molecule is CC(N)c1cccc(N2CCNCC2)c1. The Morgan fingerprint density at radius 1 is 1.33 bits per heavy atom. The fourth-order valence-electron chi connectivity index (χ4n) is 1.93. The number of nitrogens with one attached hydrogen (secondary N) is 1. The molecule has 0 radical (unpaired) electrons. The maximum atomic E-state index is 5.88. The molecular formula is C12H19N3. The molecule has 1 heterocycles. The van der Waals surface area contributed by atoms with Crippen LogP contribution >= 0.6 is 0 Å². The van der Waals surface area contributed by atoms with Gasteiger partial charge in [-0.2, -0.15) is 0 Å². The van der Waals surface area contributed by atoms with Crippen molar-refractivity contribution in [1.29, 1.82) is 0 Å². The van der Waals surface area contributed by atoms with E-state index in [-0.39, 0.29) is 6.04 Å². The van der Waals surface area contributed by atoms with Crippen LogP contribution in [0.5, 0.6) is 0 Å². The predicted molar refractivity (Wildman–Crippen MR) is 64.1 cm³/mol. The van der Waals surface area contributed by atoms with Crippen LogP contribution in [0.3, 0.4) is 0 Å². The summed E-state index contributed by atoms with van der Waals surface area (Å²) < 4.78 is 0. The van der Waals surface area contributed by atoms with Gasteiger partial charge in [0, 0.05) is 37.9 Å². The van der Waals surface area contributed by atoms with E-state index < -0.39 is 0 Å². The van der Waals surface area contributed by atoms with Gasteiger partial charge in [0.05, 0.1) is 0 Å². The Balaban J connectivity index is 2.16. The minimum absolute atomic E-state index is 0.118. The zero-order valence-electron chi connectivity index (χ0n) is 9.24. The molecule has 1 fully saturated rings. The zero-order valence-corrected chi connectivity index (χ0v) is 9.24. The van der Waals surface area contributed by atoms with Gasteiger partial charge in [-0.15, -0.1) is 0 Å². The molecule has 1 aliphatic heterocycles. The molecule has 1 atom stereocenters. The third kappa shape index (κ3) is 2.49. The van der Waals surface area contributed by atoms with E-state index in [4.69, 9.17) is 5.73 Å². The lowest BCUT2D eigenvalue weighted by Gasteiger charge is -2.30. The second-order valence-electron chi connectivity index (χ2n) is 4.12. The highest BCUT2D eigenvalue weighted by Gasteiger charge is 2.10. The smallest absolute Gasteiger partial charge is 0.0370 e. The van der Waals surface area contributed by atoms with Gasteiger partial charge in [-0.3, -0.25) is 0 Å². The lowest BCUT2D eigenvalue weighted by molar-refractivity contribution is 0.589. The Hall–Kier alpha value is -1.06. The molecule has 0 bridgehead atoms.